The summed E-state index contributed by atoms with van der Waals surface area (Å²) in [6.45, 7) is 0. The molecule has 0 fully saturated rings. The van der Waals surface area contributed by atoms with Crippen LogP contribution in [0.5, 0.6) is 11.5 Å². The summed E-state index contributed by atoms with van der Waals surface area (Å²) in [6, 6.07) is 23.1. The molecular formula is C30H19Br3ClN3O4. The summed E-state index contributed by atoms with van der Waals surface area (Å²) < 4.78 is 13.2. The van der Waals surface area contributed by atoms with Gasteiger partial charge in [0, 0.05) is 30.5 Å². The minimum absolute atomic E-state index is 0.232. The van der Waals surface area contributed by atoms with Crippen LogP contribution in [0.25, 0.3) is 22.0 Å². The normalized spacial score (nSPS) is 11.1. The van der Waals surface area contributed by atoms with E-state index in [-0.39, 0.29) is 5.75 Å². The lowest BCUT2D eigenvalue weighted by atomic mass is 10.0. The molecule has 0 aliphatic rings. The van der Waals surface area contributed by atoms with E-state index in [0.29, 0.717) is 47.6 Å². The molecule has 0 aliphatic heterocycles. The van der Waals surface area contributed by atoms with Crippen LogP contribution in [0.1, 0.15) is 26.4 Å². The number of carbonyl (C=O) groups excluding carboxylic acids is 2. The van der Waals surface area contributed by atoms with Crippen molar-refractivity contribution in [1.82, 2.24) is 10.4 Å². The minimum atomic E-state index is -0.575. The second-order valence-corrected chi connectivity index (χ2v) is 11.7. The number of nitrogens with one attached hydrogen (secondary N) is 2. The molecule has 0 saturated carbocycles. The van der Waals surface area contributed by atoms with Crippen molar-refractivity contribution in [2.24, 2.45) is 5.10 Å². The molecule has 0 bridgehead atoms. The maximum absolute atomic E-state index is 13.5. The van der Waals surface area contributed by atoms with Crippen LogP contribution in [-0.2, 0) is 0 Å². The third kappa shape index (κ3) is 6.25. The Kier molecular flexibility index (Phi) is 8.94. The number of ether oxygens (including phenoxy) is 2. The first-order valence-corrected chi connectivity index (χ1v) is 14.8. The van der Waals surface area contributed by atoms with Gasteiger partial charge < -0.3 is 14.5 Å². The first-order chi connectivity index (χ1) is 19.8. The zero-order valence-corrected chi connectivity index (χ0v) is 26.7. The van der Waals surface area contributed by atoms with Crippen molar-refractivity contribution in [2.45, 2.75) is 0 Å². The van der Waals surface area contributed by atoms with E-state index in [4.69, 9.17) is 21.1 Å². The average molecular weight is 761 g/mol. The molecule has 0 radical (unpaired) electrons. The van der Waals surface area contributed by atoms with Crippen molar-refractivity contribution in [2.75, 3.05) is 7.11 Å². The number of H-pyrrole nitrogens is 1. The first kappa shape index (κ1) is 29.1. The Morgan fingerprint density at radius 1 is 0.951 bits per heavy atom. The van der Waals surface area contributed by atoms with Gasteiger partial charge in [-0.15, -0.1) is 0 Å². The van der Waals surface area contributed by atoms with Crippen molar-refractivity contribution in [3.8, 4) is 22.6 Å². The molecular weight excluding hydrogens is 742 g/mol. The summed E-state index contributed by atoms with van der Waals surface area (Å²) in [5.74, 6) is -0.225. The second kappa shape index (κ2) is 12.6. The molecule has 1 aromatic heterocycles. The molecule has 206 valence electrons. The van der Waals surface area contributed by atoms with E-state index in [1.54, 1.807) is 43.5 Å². The second-order valence-electron chi connectivity index (χ2n) is 8.64. The quantitative estimate of drug-likeness (QED) is 0.0752. The summed E-state index contributed by atoms with van der Waals surface area (Å²) in [6.07, 6.45) is 1.40. The lowest BCUT2D eigenvalue weighted by Crippen LogP contribution is -2.19. The van der Waals surface area contributed by atoms with Crippen LogP contribution >= 0.6 is 59.4 Å². The Labute approximate surface area is 265 Å². The lowest BCUT2D eigenvalue weighted by molar-refractivity contribution is 0.0733. The number of halogens is 4. The molecule has 0 atom stereocenters. The monoisotopic (exact) mass is 757 g/mol. The van der Waals surface area contributed by atoms with E-state index >= 15 is 0 Å². The van der Waals surface area contributed by atoms with Gasteiger partial charge in [-0.2, -0.15) is 5.10 Å². The largest absolute Gasteiger partial charge is 0.495 e. The number of aromatic amines is 1. The van der Waals surface area contributed by atoms with E-state index in [2.05, 4.69) is 63.3 Å². The van der Waals surface area contributed by atoms with Gasteiger partial charge in [0.25, 0.3) is 5.91 Å². The summed E-state index contributed by atoms with van der Waals surface area (Å²) in [5.41, 5.74) is 5.87. The molecule has 11 heteroatoms. The highest BCUT2D eigenvalue weighted by atomic mass is 79.9. The molecule has 1 amide bonds. The predicted molar refractivity (Wildman–Crippen MR) is 171 cm³/mol. The number of hydrazone groups is 1. The number of hydrogen-bond donors (Lipinski definition) is 2. The highest BCUT2D eigenvalue weighted by Gasteiger charge is 2.23. The molecule has 7 nitrogen and oxygen atoms in total. The third-order valence-corrected chi connectivity index (χ3v) is 8.02. The molecule has 5 rings (SSSR count). The molecule has 0 spiro atoms. The summed E-state index contributed by atoms with van der Waals surface area (Å²) in [4.78, 5) is 29.5. The van der Waals surface area contributed by atoms with Crippen molar-refractivity contribution in [3.05, 3.63) is 114 Å². The Morgan fingerprint density at radius 3 is 2.39 bits per heavy atom. The van der Waals surface area contributed by atoms with Gasteiger partial charge in [-0.3, -0.25) is 4.79 Å². The Morgan fingerprint density at radius 2 is 1.68 bits per heavy atom. The zero-order chi connectivity index (χ0) is 29.1. The predicted octanol–water partition coefficient (Wildman–Crippen LogP) is 8.77. The van der Waals surface area contributed by atoms with E-state index < -0.39 is 11.9 Å². The van der Waals surface area contributed by atoms with Gasteiger partial charge in [0.15, 0.2) is 5.75 Å². The minimum Gasteiger partial charge on any atom is -0.495 e. The fourth-order valence-corrected chi connectivity index (χ4v) is 6.20. The summed E-state index contributed by atoms with van der Waals surface area (Å²) >= 11 is 16.4. The van der Waals surface area contributed by atoms with Gasteiger partial charge in [0.2, 0.25) is 0 Å². The number of hydrogen-bond acceptors (Lipinski definition) is 5. The molecule has 0 unspecified atom stereocenters. The molecule has 1 heterocycles. The van der Waals surface area contributed by atoms with Crippen molar-refractivity contribution in [3.63, 3.8) is 0 Å². The van der Waals surface area contributed by atoms with Crippen LogP contribution in [0.15, 0.2) is 97.4 Å². The summed E-state index contributed by atoms with van der Waals surface area (Å²) in [7, 11) is 1.57. The maximum atomic E-state index is 13.5. The number of carbonyl (C=O) groups is 2. The van der Waals surface area contributed by atoms with Crippen LogP contribution in [0, 0.1) is 0 Å². The van der Waals surface area contributed by atoms with Gasteiger partial charge in [0.1, 0.15) is 11.4 Å². The molecule has 2 N–H and O–H groups in total. The van der Waals surface area contributed by atoms with Gasteiger partial charge in [-0.25, -0.2) is 10.2 Å². The number of amides is 1. The van der Waals surface area contributed by atoms with Crippen LogP contribution in [0.2, 0.25) is 5.02 Å². The Hall–Kier alpha value is -3.44. The van der Waals surface area contributed by atoms with Crippen molar-refractivity contribution >= 4 is 88.4 Å². The average Bonchev–Trinajstić information content (AvgIpc) is 3.37. The molecule has 0 aliphatic carbocycles. The number of methoxy groups -OCH3 is 1. The highest BCUT2D eigenvalue weighted by Crippen LogP contribution is 2.41. The third-order valence-electron chi connectivity index (χ3n) is 6.06. The van der Waals surface area contributed by atoms with Crippen LogP contribution < -0.4 is 14.9 Å². The van der Waals surface area contributed by atoms with Crippen molar-refractivity contribution < 1.29 is 19.1 Å². The number of esters is 1. The first-order valence-electron chi connectivity index (χ1n) is 12.0. The van der Waals surface area contributed by atoms with Gasteiger partial charge >= 0.3 is 5.97 Å². The van der Waals surface area contributed by atoms with Gasteiger partial charge in [-0.1, -0.05) is 73.8 Å². The number of nitrogens with zero attached hydrogens (tertiary/aromatic N) is 1. The zero-order valence-electron chi connectivity index (χ0n) is 21.2. The van der Waals surface area contributed by atoms with Crippen LogP contribution in [0.4, 0.5) is 0 Å². The molecule has 4 aromatic carbocycles. The van der Waals surface area contributed by atoms with Crippen LogP contribution in [0.3, 0.4) is 0 Å². The van der Waals surface area contributed by atoms with E-state index in [0.717, 1.165) is 15.4 Å². The Balaban J connectivity index is 1.47. The Bertz CT molecular complexity index is 1810. The van der Waals surface area contributed by atoms with Crippen molar-refractivity contribution in [1.29, 1.82) is 0 Å². The topological polar surface area (TPSA) is 92.8 Å². The van der Waals surface area contributed by atoms with Gasteiger partial charge in [0.05, 0.1) is 28.9 Å². The highest BCUT2D eigenvalue weighted by molar-refractivity contribution is 9.11. The van der Waals surface area contributed by atoms with E-state index in [1.165, 1.54) is 6.21 Å². The number of aromatic nitrogens is 1. The van der Waals surface area contributed by atoms with E-state index in [1.807, 2.05) is 42.5 Å². The fourth-order valence-electron chi connectivity index (χ4n) is 4.21. The molecule has 41 heavy (non-hydrogen) atoms. The van der Waals surface area contributed by atoms with Crippen LogP contribution in [-0.4, -0.2) is 30.2 Å². The smallest absolute Gasteiger partial charge is 0.343 e. The fraction of sp³-hybridized carbons (Fsp3) is 0.0333. The van der Waals surface area contributed by atoms with E-state index in [9.17, 15) is 9.59 Å². The maximum Gasteiger partial charge on any atom is 0.343 e. The van der Waals surface area contributed by atoms with Gasteiger partial charge in [-0.05, 0) is 70.0 Å². The molecule has 5 aromatic rings. The number of rotatable bonds is 7. The standard InChI is InChI=1S/C30H19Br3ClN3O4/c1-40-23-12-11-21(32)25-24(16-5-3-2-4-6-16)27(36-26(23)25)29(38)37-35-15-18-13-19(31)14-22(33)28(18)41-30(39)17-7-9-20(34)10-8-17/h2-15,36H,1H3,(H,37,38). The lowest BCUT2D eigenvalue weighted by Gasteiger charge is -2.11. The number of fused-ring (bicyclic) bond motifs is 1. The SMILES string of the molecule is COc1ccc(Br)c2c(-c3ccccc3)c(C(=O)NN=Cc3cc(Br)cc(Br)c3OC(=O)c3ccc(Cl)cc3)[nH]c12. The molecule has 0 saturated heterocycles. The number of benzene rings is 4. The summed E-state index contributed by atoms with van der Waals surface area (Å²) in [5, 5.41) is 5.49.